The zero-order chi connectivity index (χ0) is 19.7. The summed E-state index contributed by atoms with van der Waals surface area (Å²) in [7, 11) is 0. The summed E-state index contributed by atoms with van der Waals surface area (Å²) in [6.45, 7) is 3.63. The molecule has 0 radical (unpaired) electrons. The molecule has 28 heavy (non-hydrogen) atoms. The maximum absolute atomic E-state index is 14.7. The van der Waals surface area contributed by atoms with Crippen LogP contribution in [0.1, 0.15) is 31.4 Å². The standard InChI is InChI=1S/C20H22F2N6/c1-11(23)14-4-7-25-19-15(14)8-12(9-16(19)21)18-17(22)10-26-20(28-18)27-13-2-5-24-6-3-13/h4,7-11,13,24H,2-3,5-6,23H2,1H3,(H,26,27,28). The van der Waals surface area contributed by atoms with Crippen LogP contribution >= 0.6 is 0 Å². The smallest absolute Gasteiger partial charge is 0.223 e. The fourth-order valence-corrected chi connectivity index (χ4v) is 3.55. The van der Waals surface area contributed by atoms with E-state index in [1.807, 2.05) is 6.92 Å². The van der Waals surface area contributed by atoms with Gasteiger partial charge in [-0.15, -0.1) is 0 Å². The normalized spacial score (nSPS) is 16.3. The van der Waals surface area contributed by atoms with Crippen LogP contribution in [0.2, 0.25) is 0 Å². The average Bonchev–Trinajstić information content (AvgIpc) is 2.69. The molecule has 2 aromatic heterocycles. The molecule has 3 heterocycles. The minimum absolute atomic E-state index is 0.0479. The van der Waals surface area contributed by atoms with E-state index in [0.29, 0.717) is 16.9 Å². The molecule has 1 aromatic carbocycles. The molecule has 0 spiro atoms. The molecule has 1 aliphatic heterocycles. The van der Waals surface area contributed by atoms with Crippen molar-refractivity contribution in [1.29, 1.82) is 0 Å². The van der Waals surface area contributed by atoms with E-state index in [-0.39, 0.29) is 23.3 Å². The third kappa shape index (κ3) is 3.65. The van der Waals surface area contributed by atoms with Gasteiger partial charge in [-0.3, -0.25) is 4.98 Å². The van der Waals surface area contributed by atoms with Crippen LogP contribution < -0.4 is 16.4 Å². The Kier molecular flexibility index (Phi) is 5.15. The molecular weight excluding hydrogens is 362 g/mol. The number of nitrogens with zero attached hydrogens (tertiary/aromatic N) is 3. The first-order valence-corrected chi connectivity index (χ1v) is 9.37. The predicted molar refractivity (Wildman–Crippen MR) is 105 cm³/mol. The molecule has 1 aliphatic rings. The zero-order valence-electron chi connectivity index (χ0n) is 15.5. The number of nitrogens with two attached hydrogens (primary N) is 1. The minimum atomic E-state index is -0.610. The molecule has 4 rings (SSSR count). The van der Waals surface area contributed by atoms with Gasteiger partial charge in [-0.2, -0.15) is 0 Å². The van der Waals surface area contributed by atoms with Crippen LogP contribution in [0.3, 0.4) is 0 Å². The minimum Gasteiger partial charge on any atom is -0.351 e. The van der Waals surface area contributed by atoms with E-state index in [1.165, 1.54) is 12.3 Å². The lowest BCUT2D eigenvalue weighted by Crippen LogP contribution is -2.35. The van der Waals surface area contributed by atoms with Gasteiger partial charge in [0, 0.05) is 29.2 Å². The van der Waals surface area contributed by atoms with Crippen LogP contribution in [0.25, 0.3) is 22.2 Å². The number of hydrogen-bond donors (Lipinski definition) is 3. The summed E-state index contributed by atoms with van der Waals surface area (Å²) in [5.74, 6) is -0.816. The zero-order valence-corrected chi connectivity index (χ0v) is 15.5. The van der Waals surface area contributed by atoms with Gasteiger partial charge in [0.1, 0.15) is 17.0 Å². The Morgan fingerprint density at radius 2 is 1.96 bits per heavy atom. The summed E-state index contributed by atoms with van der Waals surface area (Å²) >= 11 is 0. The number of aromatic nitrogens is 3. The van der Waals surface area contributed by atoms with Gasteiger partial charge >= 0.3 is 0 Å². The monoisotopic (exact) mass is 384 g/mol. The molecule has 1 saturated heterocycles. The molecule has 4 N–H and O–H groups in total. The van der Waals surface area contributed by atoms with Gasteiger partial charge in [0.25, 0.3) is 0 Å². The number of nitrogens with one attached hydrogen (secondary N) is 2. The average molecular weight is 384 g/mol. The van der Waals surface area contributed by atoms with Crippen LogP contribution in [0, 0.1) is 11.6 Å². The number of rotatable bonds is 4. The van der Waals surface area contributed by atoms with Crippen LogP contribution in [-0.4, -0.2) is 34.1 Å². The number of piperidine rings is 1. The van der Waals surface area contributed by atoms with Crippen molar-refractivity contribution in [2.45, 2.75) is 31.8 Å². The predicted octanol–water partition coefficient (Wildman–Crippen LogP) is 3.15. The first kappa shape index (κ1) is 18.6. The largest absolute Gasteiger partial charge is 0.351 e. The first-order chi connectivity index (χ1) is 13.5. The second kappa shape index (κ2) is 7.73. The third-order valence-electron chi connectivity index (χ3n) is 5.01. The SMILES string of the molecule is CC(N)c1ccnc2c(F)cc(-c3nc(NC4CCNCC4)ncc3F)cc12. The first-order valence-electron chi connectivity index (χ1n) is 9.37. The van der Waals surface area contributed by atoms with Gasteiger partial charge in [-0.05, 0) is 56.6 Å². The molecule has 6 nitrogen and oxygen atoms in total. The van der Waals surface area contributed by atoms with Crippen molar-refractivity contribution in [2.24, 2.45) is 5.73 Å². The number of halogens is 2. The second-order valence-electron chi connectivity index (χ2n) is 7.10. The molecule has 0 bridgehead atoms. The molecule has 1 unspecified atom stereocenters. The summed E-state index contributed by atoms with van der Waals surface area (Å²) in [6.07, 6.45) is 4.51. The Morgan fingerprint density at radius 3 is 2.71 bits per heavy atom. The lowest BCUT2D eigenvalue weighted by molar-refractivity contribution is 0.477. The van der Waals surface area contributed by atoms with E-state index < -0.39 is 11.6 Å². The summed E-state index contributed by atoms with van der Waals surface area (Å²) < 4.78 is 29.2. The van der Waals surface area contributed by atoms with E-state index in [4.69, 9.17) is 5.73 Å². The molecule has 146 valence electrons. The quantitative estimate of drug-likeness (QED) is 0.640. The highest BCUT2D eigenvalue weighted by atomic mass is 19.1. The van der Waals surface area contributed by atoms with Gasteiger partial charge in [-0.1, -0.05) is 0 Å². The maximum Gasteiger partial charge on any atom is 0.223 e. The molecule has 8 heteroatoms. The number of hydrogen-bond acceptors (Lipinski definition) is 6. The lowest BCUT2D eigenvalue weighted by atomic mass is 10.00. The van der Waals surface area contributed by atoms with E-state index in [2.05, 4.69) is 25.6 Å². The second-order valence-corrected chi connectivity index (χ2v) is 7.10. The lowest BCUT2D eigenvalue weighted by Gasteiger charge is -2.23. The van der Waals surface area contributed by atoms with Gasteiger partial charge in [0.15, 0.2) is 5.82 Å². The topological polar surface area (TPSA) is 88.8 Å². The van der Waals surface area contributed by atoms with Crippen molar-refractivity contribution in [2.75, 3.05) is 18.4 Å². The third-order valence-corrected chi connectivity index (χ3v) is 5.01. The van der Waals surface area contributed by atoms with Crippen molar-refractivity contribution in [1.82, 2.24) is 20.3 Å². The molecule has 0 aliphatic carbocycles. The number of fused-ring (bicyclic) bond motifs is 1. The Morgan fingerprint density at radius 1 is 1.18 bits per heavy atom. The van der Waals surface area contributed by atoms with Gasteiger partial charge in [0.05, 0.1) is 6.20 Å². The van der Waals surface area contributed by atoms with Crippen molar-refractivity contribution in [3.63, 3.8) is 0 Å². The number of anilines is 1. The molecule has 0 saturated carbocycles. The Balaban J connectivity index is 1.76. The van der Waals surface area contributed by atoms with Gasteiger partial charge in [-0.25, -0.2) is 18.7 Å². The number of pyridine rings is 1. The van der Waals surface area contributed by atoms with Crippen LogP contribution in [0.15, 0.2) is 30.6 Å². The van der Waals surface area contributed by atoms with Crippen molar-refractivity contribution in [3.05, 3.63) is 47.8 Å². The highest BCUT2D eigenvalue weighted by Crippen LogP contribution is 2.30. The van der Waals surface area contributed by atoms with Gasteiger partial charge < -0.3 is 16.4 Å². The highest BCUT2D eigenvalue weighted by molar-refractivity contribution is 5.87. The molecule has 3 aromatic rings. The van der Waals surface area contributed by atoms with Crippen molar-refractivity contribution < 1.29 is 8.78 Å². The maximum atomic E-state index is 14.7. The van der Waals surface area contributed by atoms with E-state index in [9.17, 15) is 8.78 Å². The van der Waals surface area contributed by atoms with E-state index in [0.717, 1.165) is 37.7 Å². The Bertz CT molecular complexity index is 1000. The summed E-state index contributed by atoms with van der Waals surface area (Å²) in [6, 6.07) is 4.59. The highest BCUT2D eigenvalue weighted by Gasteiger charge is 2.18. The van der Waals surface area contributed by atoms with Crippen molar-refractivity contribution >= 4 is 16.9 Å². The summed E-state index contributed by atoms with van der Waals surface area (Å²) in [4.78, 5) is 12.5. The van der Waals surface area contributed by atoms with Gasteiger partial charge in [0.2, 0.25) is 5.95 Å². The van der Waals surface area contributed by atoms with E-state index in [1.54, 1.807) is 12.1 Å². The van der Waals surface area contributed by atoms with E-state index >= 15 is 0 Å². The Hall–Kier alpha value is -2.71. The molecule has 1 fully saturated rings. The van der Waals surface area contributed by atoms with Crippen LogP contribution in [0.4, 0.5) is 14.7 Å². The molecular formula is C20H22F2N6. The summed E-state index contributed by atoms with van der Waals surface area (Å²) in [5, 5.41) is 7.08. The molecule has 1 atom stereocenters. The fourth-order valence-electron chi connectivity index (χ4n) is 3.55. The molecule has 0 amide bonds. The summed E-state index contributed by atoms with van der Waals surface area (Å²) in [5.41, 5.74) is 7.34. The Labute approximate surface area is 161 Å². The van der Waals surface area contributed by atoms with Crippen molar-refractivity contribution in [3.8, 4) is 11.3 Å². The van der Waals surface area contributed by atoms with Crippen LogP contribution in [-0.2, 0) is 0 Å². The number of benzene rings is 1. The van der Waals surface area contributed by atoms with Crippen LogP contribution in [0.5, 0.6) is 0 Å². The fraction of sp³-hybridized carbons (Fsp3) is 0.350.